The van der Waals surface area contributed by atoms with Gasteiger partial charge < -0.3 is 19.9 Å². The number of phenolic OH excluding ortho intramolecular Hbond substituents is 1. The third kappa shape index (κ3) is 6.42. The van der Waals surface area contributed by atoms with E-state index in [9.17, 15) is 14.7 Å². The van der Waals surface area contributed by atoms with Gasteiger partial charge in [0, 0.05) is 12.1 Å². The SMILES string of the molecule is CCC(CC)NC(=O)COC(=O)/C=C/c1ccc(O)c(OC)c1. The minimum absolute atomic E-state index is 0.0188. The highest BCUT2D eigenvalue weighted by Gasteiger charge is 2.09. The van der Waals surface area contributed by atoms with Crippen LogP contribution in [0.3, 0.4) is 0 Å². The smallest absolute Gasteiger partial charge is 0.331 e. The fraction of sp³-hybridized carbons (Fsp3) is 0.412. The molecule has 0 aromatic heterocycles. The van der Waals surface area contributed by atoms with E-state index in [1.807, 2.05) is 13.8 Å². The molecule has 2 N–H and O–H groups in total. The minimum atomic E-state index is -0.614. The molecule has 0 unspecified atom stereocenters. The Balaban J connectivity index is 2.48. The fourth-order valence-corrected chi connectivity index (χ4v) is 1.91. The number of hydrogen-bond donors (Lipinski definition) is 2. The van der Waals surface area contributed by atoms with E-state index in [0.29, 0.717) is 11.3 Å². The standard InChI is InChI=1S/C17H23NO5/c1-4-13(5-2)18-16(20)11-23-17(21)9-7-12-6-8-14(19)15(10-12)22-3/h6-10,13,19H,4-5,11H2,1-3H3,(H,18,20)/b9-7+. The van der Waals surface area contributed by atoms with Gasteiger partial charge in [-0.25, -0.2) is 4.79 Å². The summed E-state index contributed by atoms with van der Waals surface area (Å²) in [5.41, 5.74) is 0.665. The molecule has 0 aliphatic carbocycles. The quantitative estimate of drug-likeness (QED) is 0.567. The van der Waals surface area contributed by atoms with Crippen LogP contribution in [0.2, 0.25) is 0 Å². The second-order valence-corrected chi connectivity index (χ2v) is 4.95. The average molecular weight is 321 g/mol. The molecule has 6 heteroatoms. The van der Waals surface area contributed by atoms with E-state index in [2.05, 4.69) is 5.32 Å². The zero-order valence-corrected chi connectivity index (χ0v) is 13.7. The lowest BCUT2D eigenvalue weighted by Gasteiger charge is -2.14. The Morgan fingerprint density at radius 2 is 2.00 bits per heavy atom. The molecule has 0 atom stereocenters. The summed E-state index contributed by atoms with van der Waals surface area (Å²) < 4.78 is 9.85. The molecular formula is C17H23NO5. The maximum atomic E-state index is 11.6. The number of rotatable bonds is 8. The molecule has 0 bridgehead atoms. The molecule has 0 saturated heterocycles. The van der Waals surface area contributed by atoms with Crippen molar-refractivity contribution in [1.29, 1.82) is 0 Å². The van der Waals surface area contributed by atoms with E-state index in [-0.39, 0.29) is 24.3 Å². The highest BCUT2D eigenvalue weighted by atomic mass is 16.5. The number of ether oxygens (including phenoxy) is 2. The summed E-state index contributed by atoms with van der Waals surface area (Å²) in [4.78, 5) is 23.2. The molecule has 0 spiro atoms. The van der Waals surface area contributed by atoms with E-state index in [1.165, 1.54) is 25.3 Å². The molecule has 1 aromatic carbocycles. The van der Waals surface area contributed by atoms with Crippen molar-refractivity contribution in [3.8, 4) is 11.5 Å². The molecule has 23 heavy (non-hydrogen) atoms. The molecule has 0 heterocycles. The van der Waals surface area contributed by atoms with Crippen molar-refractivity contribution in [3.05, 3.63) is 29.8 Å². The lowest BCUT2D eigenvalue weighted by Crippen LogP contribution is -2.36. The third-order valence-corrected chi connectivity index (χ3v) is 3.31. The van der Waals surface area contributed by atoms with Crippen LogP contribution in [0.25, 0.3) is 6.08 Å². The predicted molar refractivity (Wildman–Crippen MR) is 87.2 cm³/mol. The molecule has 1 rings (SSSR count). The van der Waals surface area contributed by atoms with E-state index < -0.39 is 5.97 Å². The average Bonchev–Trinajstić information content (AvgIpc) is 2.56. The van der Waals surface area contributed by atoms with Crippen LogP contribution in [0.1, 0.15) is 32.3 Å². The lowest BCUT2D eigenvalue weighted by atomic mass is 10.2. The molecule has 0 aliphatic rings. The van der Waals surface area contributed by atoms with Crippen LogP contribution in [-0.4, -0.2) is 36.7 Å². The van der Waals surface area contributed by atoms with Crippen molar-refractivity contribution in [3.63, 3.8) is 0 Å². The molecule has 0 radical (unpaired) electrons. The number of amides is 1. The molecule has 6 nitrogen and oxygen atoms in total. The van der Waals surface area contributed by atoms with Crippen LogP contribution >= 0.6 is 0 Å². The number of esters is 1. The van der Waals surface area contributed by atoms with E-state index >= 15 is 0 Å². The second kappa shape index (κ2) is 9.50. The summed E-state index contributed by atoms with van der Waals surface area (Å²) >= 11 is 0. The van der Waals surface area contributed by atoms with Crippen molar-refractivity contribution in [2.24, 2.45) is 0 Å². The maximum Gasteiger partial charge on any atom is 0.331 e. The monoisotopic (exact) mass is 321 g/mol. The van der Waals surface area contributed by atoms with Crippen molar-refractivity contribution in [2.45, 2.75) is 32.7 Å². The Bertz CT molecular complexity index is 564. The molecular weight excluding hydrogens is 298 g/mol. The molecule has 1 amide bonds. The molecule has 126 valence electrons. The normalized spacial score (nSPS) is 10.8. The number of phenols is 1. The number of aromatic hydroxyl groups is 1. The summed E-state index contributed by atoms with van der Waals surface area (Å²) in [7, 11) is 1.44. The predicted octanol–water partition coefficient (Wildman–Crippen LogP) is 2.26. The van der Waals surface area contributed by atoms with Crippen LogP contribution in [0.15, 0.2) is 24.3 Å². The van der Waals surface area contributed by atoms with E-state index in [1.54, 1.807) is 12.1 Å². The van der Waals surface area contributed by atoms with Gasteiger partial charge in [0.15, 0.2) is 18.1 Å². The second-order valence-electron chi connectivity index (χ2n) is 4.95. The highest BCUT2D eigenvalue weighted by Crippen LogP contribution is 2.26. The van der Waals surface area contributed by atoms with Gasteiger partial charge in [0.05, 0.1) is 7.11 Å². The van der Waals surface area contributed by atoms with Crippen molar-refractivity contribution in [1.82, 2.24) is 5.32 Å². The van der Waals surface area contributed by atoms with E-state index in [0.717, 1.165) is 12.8 Å². The van der Waals surface area contributed by atoms with Gasteiger partial charge >= 0.3 is 5.97 Å². The van der Waals surface area contributed by atoms with Crippen LogP contribution in [-0.2, 0) is 14.3 Å². The first-order chi connectivity index (χ1) is 11.0. The zero-order chi connectivity index (χ0) is 17.2. The molecule has 1 aromatic rings. The Kier molecular flexibility index (Phi) is 7.66. The van der Waals surface area contributed by atoms with Gasteiger partial charge in [-0.05, 0) is 36.6 Å². The van der Waals surface area contributed by atoms with Crippen LogP contribution in [0, 0.1) is 0 Å². The van der Waals surface area contributed by atoms with Crippen LogP contribution in [0.4, 0.5) is 0 Å². The zero-order valence-electron chi connectivity index (χ0n) is 13.7. The van der Waals surface area contributed by atoms with Gasteiger partial charge in [-0.2, -0.15) is 0 Å². The number of nitrogens with one attached hydrogen (secondary N) is 1. The number of carbonyl (C=O) groups is 2. The lowest BCUT2D eigenvalue weighted by molar-refractivity contribution is -0.144. The highest BCUT2D eigenvalue weighted by molar-refractivity contribution is 5.89. The molecule has 0 saturated carbocycles. The summed E-state index contributed by atoms with van der Waals surface area (Å²) in [6.07, 6.45) is 4.40. The molecule has 0 fully saturated rings. The van der Waals surface area contributed by atoms with Crippen LogP contribution in [0.5, 0.6) is 11.5 Å². The van der Waals surface area contributed by atoms with Gasteiger partial charge in [0.2, 0.25) is 0 Å². The number of hydrogen-bond acceptors (Lipinski definition) is 5. The van der Waals surface area contributed by atoms with Crippen molar-refractivity contribution < 1.29 is 24.2 Å². The Morgan fingerprint density at radius 3 is 2.61 bits per heavy atom. The van der Waals surface area contributed by atoms with Gasteiger partial charge in [0.25, 0.3) is 5.91 Å². The maximum absolute atomic E-state index is 11.6. The third-order valence-electron chi connectivity index (χ3n) is 3.31. The summed E-state index contributed by atoms with van der Waals surface area (Å²) in [5, 5.41) is 12.3. The Hall–Kier alpha value is -2.50. The largest absolute Gasteiger partial charge is 0.504 e. The summed E-state index contributed by atoms with van der Waals surface area (Å²) in [5.74, 6) is -0.598. The topological polar surface area (TPSA) is 84.9 Å². The Morgan fingerprint density at radius 1 is 1.30 bits per heavy atom. The summed E-state index contributed by atoms with van der Waals surface area (Å²) in [6.45, 7) is 3.66. The van der Waals surface area contributed by atoms with Crippen molar-refractivity contribution >= 4 is 18.0 Å². The van der Waals surface area contributed by atoms with E-state index in [4.69, 9.17) is 9.47 Å². The van der Waals surface area contributed by atoms with Crippen molar-refractivity contribution in [2.75, 3.05) is 13.7 Å². The van der Waals surface area contributed by atoms with Gasteiger partial charge in [-0.15, -0.1) is 0 Å². The number of methoxy groups -OCH3 is 1. The Labute approximate surface area is 136 Å². The first-order valence-corrected chi connectivity index (χ1v) is 7.51. The number of carbonyl (C=O) groups excluding carboxylic acids is 2. The molecule has 0 aliphatic heterocycles. The van der Waals surface area contributed by atoms with Crippen LogP contribution < -0.4 is 10.1 Å². The minimum Gasteiger partial charge on any atom is -0.504 e. The summed E-state index contributed by atoms with van der Waals surface area (Å²) in [6, 6.07) is 4.77. The van der Waals surface area contributed by atoms with Gasteiger partial charge in [-0.1, -0.05) is 19.9 Å². The fourth-order valence-electron chi connectivity index (χ4n) is 1.91. The number of benzene rings is 1. The van der Waals surface area contributed by atoms with Gasteiger partial charge in [-0.3, -0.25) is 4.79 Å². The first-order valence-electron chi connectivity index (χ1n) is 7.51. The van der Waals surface area contributed by atoms with Gasteiger partial charge in [0.1, 0.15) is 0 Å². The first kappa shape index (κ1) is 18.5.